The van der Waals surface area contributed by atoms with E-state index < -0.39 is 0 Å². The first-order chi connectivity index (χ1) is 20.9. The lowest BCUT2D eigenvalue weighted by molar-refractivity contribution is 0.857. The molecule has 3 aromatic carbocycles. The van der Waals surface area contributed by atoms with Crippen LogP contribution in [-0.4, -0.2) is 44.7 Å². The van der Waals surface area contributed by atoms with E-state index in [4.69, 9.17) is 62.7 Å². The summed E-state index contributed by atoms with van der Waals surface area (Å²) in [5.41, 5.74) is 9.03. The van der Waals surface area contributed by atoms with Gasteiger partial charge in [0.1, 0.15) is 50.1 Å². The van der Waals surface area contributed by atoms with Crippen LogP contribution in [0.25, 0.3) is 11.4 Å². The number of nitriles is 2. The van der Waals surface area contributed by atoms with Gasteiger partial charge in [-0.05, 0) is 60.2 Å². The van der Waals surface area contributed by atoms with Crippen LogP contribution < -0.4 is 5.73 Å². The van der Waals surface area contributed by atoms with Crippen LogP contribution in [0.3, 0.4) is 0 Å². The number of nitrogens with one attached hydrogen (secondary N) is 1. The zero-order chi connectivity index (χ0) is 31.0. The lowest BCUT2D eigenvalue weighted by atomic mass is 10.2. The number of rotatable bonds is 3. The Morgan fingerprint density at radius 1 is 0.705 bits per heavy atom. The molecular formula is C28H24Cl4N12. The highest BCUT2D eigenvalue weighted by molar-refractivity contribution is 6.34. The van der Waals surface area contributed by atoms with Crippen molar-refractivity contribution in [2.24, 2.45) is 5.73 Å². The molecule has 3 N–H and O–H groups in total. The SMILES string of the molecule is C.N#Cc1cc(Cl)ccc1-n1cncn1.N#Cc1cc(Cl)ccc1Cl.NCc1cc(Cl)ccc1-n1cncn1.c1nc[nH]n1. The Balaban J connectivity index is 0.000000213. The number of aromatic nitrogens is 9. The highest BCUT2D eigenvalue weighted by Crippen LogP contribution is 2.20. The molecule has 0 amide bonds. The fourth-order valence-electron chi connectivity index (χ4n) is 3.15. The second kappa shape index (κ2) is 18.7. The van der Waals surface area contributed by atoms with Crippen molar-refractivity contribution in [2.75, 3.05) is 0 Å². The van der Waals surface area contributed by atoms with Gasteiger partial charge in [-0.2, -0.15) is 25.8 Å². The monoisotopic (exact) mass is 668 g/mol. The molecule has 16 heteroatoms. The number of nitrogens with zero attached hydrogens (tertiary/aromatic N) is 10. The lowest BCUT2D eigenvalue weighted by Gasteiger charge is -2.06. The van der Waals surface area contributed by atoms with E-state index in [1.165, 1.54) is 42.4 Å². The summed E-state index contributed by atoms with van der Waals surface area (Å²) in [4.78, 5) is 11.2. The molecule has 0 saturated carbocycles. The Kier molecular flexibility index (Phi) is 15.0. The summed E-state index contributed by atoms with van der Waals surface area (Å²) in [6, 6.07) is 19.3. The standard InChI is InChI=1S/C9H9ClN4.C9H5ClN4.C7H3Cl2N.C2H3N3.CH4/c2*10-8-1-2-9(7(3-8)4-11)14-6-12-5-13-14;8-6-1-2-7(9)5(3-6)4-10;1-3-2-5-4-1;/h1-3,5-6H,4,11H2;1-3,5-6H;1-3H;1-2H,(H,3,4,5);1H4. The van der Waals surface area contributed by atoms with E-state index in [9.17, 15) is 0 Å². The van der Waals surface area contributed by atoms with Crippen molar-refractivity contribution in [1.29, 1.82) is 10.5 Å². The van der Waals surface area contributed by atoms with Crippen molar-refractivity contribution < 1.29 is 0 Å². The maximum absolute atomic E-state index is 8.87. The fourth-order valence-corrected chi connectivity index (χ4v) is 3.85. The molecule has 0 saturated heterocycles. The minimum absolute atomic E-state index is 0. The molecule has 0 unspecified atom stereocenters. The molecule has 0 aliphatic carbocycles. The first-order valence-corrected chi connectivity index (χ1v) is 13.4. The normalized spacial score (nSPS) is 9.34. The second-order valence-electron chi connectivity index (χ2n) is 7.82. The number of aromatic amines is 1. The highest BCUT2D eigenvalue weighted by Gasteiger charge is 2.05. The van der Waals surface area contributed by atoms with Gasteiger partial charge >= 0.3 is 0 Å². The highest BCUT2D eigenvalue weighted by atomic mass is 35.5. The average molecular weight is 670 g/mol. The zero-order valence-electron chi connectivity index (χ0n) is 21.9. The molecule has 3 heterocycles. The third-order valence-electron chi connectivity index (χ3n) is 5.05. The number of halogens is 4. The van der Waals surface area contributed by atoms with Gasteiger partial charge in [-0.15, -0.1) is 0 Å². The topological polar surface area (TPSA) is 177 Å². The minimum Gasteiger partial charge on any atom is -0.326 e. The maximum Gasteiger partial charge on any atom is 0.138 e. The lowest BCUT2D eigenvalue weighted by Crippen LogP contribution is -2.04. The van der Waals surface area contributed by atoms with E-state index in [2.05, 4.69) is 41.4 Å². The van der Waals surface area contributed by atoms with Gasteiger partial charge in [0.15, 0.2) is 0 Å². The summed E-state index contributed by atoms with van der Waals surface area (Å²) in [6.45, 7) is 0.426. The van der Waals surface area contributed by atoms with E-state index in [0.717, 1.165) is 11.3 Å². The average Bonchev–Trinajstić information content (AvgIpc) is 3.84. The van der Waals surface area contributed by atoms with Crippen molar-refractivity contribution in [3.63, 3.8) is 0 Å². The molecule has 0 atom stereocenters. The largest absolute Gasteiger partial charge is 0.326 e. The molecule has 224 valence electrons. The molecule has 3 aromatic heterocycles. The fraction of sp³-hybridized carbons (Fsp3) is 0.0714. The number of benzene rings is 3. The van der Waals surface area contributed by atoms with Gasteiger partial charge in [0.2, 0.25) is 0 Å². The van der Waals surface area contributed by atoms with Gasteiger partial charge in [0.25, 0.3) is 0 Å². The van der Waals surface area contributed by atoms with Crippen LogP contribution in [0.1, 0.15) is 24.1 Å². The third-order valence-corrected chi connectivity index (χ3v) is 6.09. The molecule has 6 aromatic rings. The van der Waals surface area contributed by atoms with Gasteiger partial charge in [0, 0.05) is 21.6 Å². The van der Waals surface area contributed by atoms with Crippen LogP contribution >= 0.6 is 46.4 Å². The Morgan fingerprint density at radius 2 is 1.25 bits per heavy atom. The third kappa shape index (κ3) is 10.8. The van der Waals surface area contributed by atoms with E-state index >= 15 is 0 Å². The molecule has 0 radical (unpaired) electrons. The van der Waals surface area contributed by atoms with Crippen LogP contribution in [0.2, 0.25) is 20.1 Å². The molecule has 6 rings (SSSR count). The quantitative estimate of drug-likeness (QED) is 0.213. The van der Waals surface area contributed by atoms with Gasteiger partial charge < -0.3 is 5.73 Å². The van der Waals surface area contributed by atoms with E-state index in [-0.39, 0.29) is 7.43 Å². The first-order valence-electron chi connectivity index (χ1n) is 11.9. The van der Waals surface area contributed by atoms with Crippen molar-refractivity contribution in [3.8, 4) is 23.5 Å². The van der Waals surface area contributed by atoms with Crippen LogP contribution in [0.15, 0.2) is 92.6 Å². The van der Waals surface area contributed by atoms with Crippen molar-refractivity contribution in [2.45, 2.75) is 14.0 Å². The van der Waals surface area contributed by atoms with Crippen LogP contribution in [-0.2, 0) is 6.54 Å². The summed E-state index contributed by atoms with van der Waals surface area (Å²) < 4.78 is 3.19. The number of H-pyrrole nitrogens is 1. The minimum atomic E-state index is 0. The summed E-state index contributed by atoms with van der Waals surface area (Å²) in [7, 11) is 0. The van der Waals surface area contributed by atoms with E-state index in [0.29, 0.717) is 43.4 Å². The second-order valence-corrected chi connectivity index (χ2v) is 9.53. The summed E-state index contributed by atoms with van der Waals surface area (Å²) in [6.07, 6.45) is 9.01. The summed E-state index contributed by atoms with van der Waals surface area (Å²) >= 11 is 22.8. The zero-order valence-corrected chi connectivity index (χ0v) is 25.0. The predicted octanol–water partition coefficient (Wildman–Crippen LogP) is 6.48. The molecule has 44 heavy (non-hydrogen) atoms. The van der Waals surface area contributed by atoms with Gasteiger partial charge in [0.05, 0.1) is 27.5 Å². The number of hydrogen-bond acceptors (Lipinski definition) is 9. The molecule has 12 nitrogen and oxygen atoms in total. The van der Waals surface area contributed by atoms with Crippen LogP contribution in [0.4, 0.5) is 0 Å². The van der Waals surface area contributed by atoms with E-state index in [1.54, 1.807) is 47.4 Å². The number of hydrogen-bond donors (Lipinski definition) is 2. The van der Waals surface area contributed by atoms with Crippen LogP contribution in [0, 0.1) is 22.7 Å². The van der Waals surface area contributed by atoms with Gasteiger partial charge in [-0.3, -0.25) is 5.10 Å². The number of nitrogens with two attached hydrogens (primary N) is 1. The maximum atomic E-state index is 8.87. The Morgan fingerprint density at radius 3 is 1.70 bits per heavy atom. The summed E-state index contributed by atoms with van der Waals surface area (Å²) in [5.74, 6) is 0. The van der Waals surface area contributed by atoms with Crippen molar-refractivity contribution >= 4 is 46.4 Å². The Labute approximate surface area is 273 Å². The molecule has 0 fully saturated rings. The Bertz CT molecular complexity index is 1760. The van der Waals surface area contributed by atoms with Crippen molar-refractivity contribution in [3.05, 3.63) is 129 Å². The van der Waals surface area contributed by atoms with E-state index in [1.807, 2.05) is 18.2 Å². The summed E-state index contributed by atoms with van der Waals surface area (Å²) in [5, 5.41) is 33.4. The molecule has 0 bridgehead atoms. The Hall–Kier alpha value is -4.82. The van der Waals surface area contributed by atoms with Crippen LogP contribution in [0.5, 0.6) is 0 Å². The van der Waals surface area contributed by atoms with Crippen molar-refractivity contribution in [1.82, 2.24) is 44.7 Å². The van der Waals surface area contributed by atoms with Gasteiger partial charge in [-0.25, -0.2) is 24.3 Å². The first kappa shape index (κ1) is 35.4. The molecule has 0 aliphatic rings. The van der Waals surface area contributed by atoms with Gasteiger partial charge in [-0.1, -0.05) is 53.8 Å². The molecule has 0 spiro atoms. The predicted molar refractivity (Wildman–Crippen MR) is 170 cm³/mol. The smallest absolute Gasteiger partial charge is 0.138 e. The molecular weight excluding hydrogens is 646 g/mol. The molecule has 0 aliphatic heterocycles.